The van der Waals surface area contributed by atoms with Crippen LogP contribution in [0.5, 0.6) is 5.75 Å². The van der Waals surface area contributed by atoms with Gasteiger partial charge in [-0.3, -0.25) is 4.79 Å². The number of benzene rings is 1. The Bertz CT molecular complexity index is 666. The van der Waals surface area contributed by atoms with Crippen molar-refractivity contribution in [2.24, 2.45) is 0 Å². The van der Waals surface area contributed by atoms with Gasteiger partial charge in [0.2, 0.25) is 5.91 Å². The van der Waals surface area contributed by atoms with E-state index >= 15 is 0 Å². The van der Waals surface area contributed by atoms with E-state index < -0.39 is 0 Å². The van der Waals surface area contributed by atoms with Crippen LogP contribution in [0.25, 0.3) is 0 Å². The number of ether oxygens (including phenoxy) is 1. The van der Waals surface area contributed by atoms with Gasteiger partial charge in [-0.15, -0.1) is 0 Å². The molecule has 0 saturated carbocycles. The summed E-state index contributed by atoms with van der Waals surface area (Å²) in [5.41, 5.74) is 0. The maximum absolute atomic E-state index is 11.7. The minimum Gasteiger partial charge on any atom is -0.494 e. The fraction of sp³-hybridized carbons (Fsp3) is 0.214. The van der Waals surface area contributed by atoms with Crippen molar-refractivity contribution in [3.63, 3.8) is 0 Å². The number of hydrogen-bond donors (Lipinski definition) is 1. The molecule has 0 spiro atoms. The number of thiazole rings is 1. The van der Waals surface area contributed by atoms with Gasteiger partial charge >= 0.3 is 0 Å². The quantitative estimate of drug-likeness (QED) is 0.827. The highest BCUT2D eigenvalue weighted by Crippen LogP contribution is 2.18. The number of rotatable bonds is 6. The number of hydrogen-bond acceptors (Lipinski definition) is 5. The van der Waals surface area contributed by atoms with Crippen LogP contribution in [0.15, 0.2) is 30.5 Å². The fourth-order valence-corrected chi connectivity index (χ4v) is 2.35. The van der Waals surface area contributed by atoms with Gasteiger partial charge < -0.3 is 10.1 Å². The van der Waals surface area contributed by atoms with E-state index in [4.69, 9.17) is 21.6 Å². The number of amides is 1. The van der Waals surface area contributed by atoms with Gasteiger partial charge in [0, 0.05) is 11.4 Å². The topological polar surface area (TPSA) is 75.0 Å². The lowest BCUT2D eigenvalue weighted by Gasteiger charge is -2.06. The molecule has 2 aromatic rings. The first-order chi connectivity index (χ1) is 10.2. The molecule has 1 heterocycles. The van der Waals surface area contributed by atoms with Crippen LogP contribution < -0.4 is 10.1 Å². The molecule has 1 amide bonds. The molecule has 0 unspecified atom stereocenters. The molecule has 0 atom stereocenters. The Labute approximate surface area is 131 Å². The van der Waals surface area contributed by atoms with Gasteiger partial charge in [-0.2, -0.15) is 5.26 Å². The van der Waals surface area contributed by atoms with Gasteiger partial charge in [0.1, 0.15) is 16.7 Å². The van der Waals surface area contributed by atoms with Crippen molar-refractivity contribution in [3.05, 3.63) is 40.4 Å². The van der Waals surface area contributed by atoms with Crippen molar-refractivity contribution in [3.8, 4) is 11.8 Å². The molecule has 2 rings (SSSR count). The number of carbonyl (C=O) groups is 1. The molecule has 0 fully saturated rings. The third kappa shape index (κ3) is 5.06. The highest BCUT2D eigenvalue weighted by atomic mass is 35.5. The van der Waals surface area contributed by atoms with Crippen LogP contribution in [0.4, 0.5) is 5.13 Å². The smallest absolute Gasteiger partial charge is 0.226 e. The number of nitriles is 1. The summed E-state index contributed by atoms with van der Waals surface area (Å²) in [6, 6.07) is 9.08. The molecule has 7 heteroatoms. The van der Waals surface area contributed by atoms with Crippen LogP contribution in [0, 0.1) is 11.3 Å². The predicted octanol–water partition coefficient (Wildman–Crippen LogP) is 3.47. The van der Waals surface area contributed by atoms with Crippen LogP contribution in [-0.2, 0) is 4.79 Å². The largest absolute Gasteiger partial charge is 0.494 e. The van der Waals surface area contributed by atoms with E-state index in [1.54, 1.807) is 18.2 Å². The highest BCUT2D eigenvalue weighted by molar-refractivity contribution is 7.16. The second kappa shape index (κ2) is 7.62. The highest BCUT2D eigenvalue weighted by Gasteiger charge is 2.06. The average molecular weight is 322 g/mol. The maximum Gasteiger partial charge on any atom is 0.226 e. The first-order valence-corrected chi connectivity index (χ1v) is 7.41. The zero-order chi connectivity index (χ0) is 15.1. The second-order valence-corrected chi connectivity index (χ2v) is 5.57. The number of nitrogens with one attached hydrogen (secondary N) is 1. The molecule has 0 radical (unpaired) electrons. The third-order valence-corrected chi connectivity index (χ3v) is 3.53. The van der Waals surface area contributed by atoms with Crippen molar-refractivity contribution in [2.75, 3.05) is 11.9 Å². The van der Waals surface area contributed by atoms with Gasteiger partial charge in [-0.25, -0.2) is 4.98 Å². The Morgan fingerprint density at radius 2 is 2.38 bits per heavy atom. The van der Waals surface area contributed by atoms with Crippen LogP contribution >= 0.6 is 22.9 Å². The van der Waals surface area contributed by atoms with Crippen molar-refractivity contribution in [1.82, 2.24) is 4.98 Å². The lowest BCUT2D eigenvalue weighted by molar-refractivity contribution is -0.116. The van der Waals surface area contributed by atoms with E-state index in [0.29, 0.717) is 40.2 Å². The van der Waals surface area contributed by atoms with Gasteiger partial charge in [-0.1, -0.05) is 29.0 Å². The normalized spacial score (nSPS) is 9.90. The number of halogens is 1. The summed E-state index contributed by atoms with van der Waals surface area (Å²) in [6.45, 7) is 0.426. The van der Waals surface area contributed by atoms with Crippen LogP contribution in [0.3, 0.4) is 0 Å². The molecule has 0 aliphatic heterocycles. The van der Waals surface area contributed by atoms with Crippen molar-refractivity contribution in [1.29, 1.82) is 5.26 Å². The number of anilines is 1. The molecule has 21 heavy (non-hydrogen) atoms. The molecular weight excluding hydrogens is 310 g/mol. The molecule has 0 aliphatic carbocycles. The van der Waals surface area contributed by atoms with Crippen LogP contribution in [-0.4, -0.2) is 17.5 Å². The first kappa shape index (κ1) is 15.3. The van der Waals surface area contributed by atoms with E-state index in [1.165, 1.54) is 6.20 Å². The number of aromatic nitrogens is 1. The van der Waals surface area contributed by atoms with Crippen molar-refractivity contribution < 1.29 is 9.53 Å². The van der Waals surface area contributed by atoms with Gasteiger partial charge in [0.15, 0.2) is 5.13 Å². The standard InChI is InChI=1S/C14H12ClN3O2S/c15-10-3-1-4-11(7-10)20-6-2-5-13(19)18-14-17-9-12(8-16)21-14/h1,3-4,7,9H,2,5-6H2,(H,17,18,19). The second-order valence-electron chi connectivity index (χ2n) is 4.10. The molecule has 1 aromatic carbocycles. The Balaban J connectivity index is 1.69. The summed E-state index contributed by atoms with van der Waals surface area (Å²) in [5, 5.41) is 12.4. The lowest BCUT2D eigenvalue weighted by Crippen LogP contribution is -2.12. The van der Waals surface area contributed by atoms with Crippen molar-refractivity contribution in [2.45, 2.75) is 12.8 Å². The minimum atomic E-state index is -0.150. The average Bonchev–Trinajstić information content (AvgIpc) is 2.91. The molecular formula is C14H12ClN3O2S. The fourth-order valence-electron chi connectivity index (χ4n) is 1.54. The molecule has 5 nitrogen and oxygen atoms in total. The molecule has 0 aliphatic rings. The van der Waals surface area contributed by atoms with Crippen LogP contribution in [0.2, 0.25) is 5.02 Å². The molecule has 1 N–H and O–H groups in total. The van der Waals surface area contributed by atoms with Gasteiger partial charge in [0.05, 0.1) is 12.8 Å². The molecule has 0 saturated heterocycles. The predicted molar refractivity (Wildman–Crippen MR) is 81.6 cm³/mol. The summed E-state index contributed by atoms with van der Waals surface area (Å²) >= 11 is 6.99. The summed E-state index contributed by atoms with van der Waals surface area (Å²) in [4.78, 5) is 16.1. The Kier molecular flexibility index (Phi) is 5.55. The Morgan fingerprint density at radius 3 is 3.10 bits per heavy atom. The lowest BCUT2D eigenvalue weighted by atomic mass is 10.3. The Hall–Kier alpha value is -2.10. The zero-order valence-corrected chi connectivity index (χ0v) is 12.6. The van der Waals surface area contributed by atoms with E-state index in [2.05, 4.69) is 10.3 Å². The summed E-state index contributed by atoms with van der Waals surface area (Å²) < 4.78 is 5.49. The van der Waals surface area contributed by atoms with Crippen molar-refractivity contribution >= 4 is 34.0 Å². The Morgan fingerprint density at radius 1 is 1.52 bits per heavy atom. The number of nitrogens with zero attached hydrogens (tertiary/aromatic N) is 2. The summed E-state index contributed by atoms with van der Waals surface area (Å²) in [5.74, 6) is 0.532. The van der Waals surface area contributed by atoms with Gasteiger partial charge in [0.25, 0.3) is 0 Å². The SMILES string of the molecule is N#Cc1cnc(NC(=O)CCCOc2cccc(Cl)c2)s1. The van der Waals surface area contributed by atoms with E-state index in [1.807, 2.05) is 12.1 Å². The monoisotopic (exact) mass is 321 g/mol. The first-order valence-electron chi connectivity index (χ1n) is 6.21. The summed E-state index contributed by atoms with van der Waals surface area (Å²) in [7, 11) is 0. The van der Waals surface area contributed by atoms with Gasteiger partial charge in [-0.05, 0) is 24.6 Å². The van der Waals surface area contributed by atoms with E-state index in [-0.39, 0.29) is 5.91 Å². The van der Waals surface area contributed by atoms with Crippen LogP contribution in [0.1, 0.15) is 17.7 Å². The van der Waals surface area contributed by atoms with E-state index in [0.717, 1.165) is 11.3 Å². The zero-order valence-electron chi connectivity index (χ0n) is 11.0. The molecule has 108 valence electrons. The number of carbonyl (C=O) groups excluding carboxylic acids is 1. The molecule has 0 bridgehead atoms. The minimum absolute atomic E-state index is 0.150. The summed E-state index contributed by atoms with van der Waals surface area (Å²) in [6.07, 6.45) is 2.33. The maximum atomic E-state index is 11.7. The molecule has 1 aromatic heterocycles. The van der Waals surface area contributed by atoms with E-state index in [9.17, 15) is 4.79 Å². The third-order valence-electron chi connectivity index (χ3n) is 2.48.